The number of nitrogens with one attached hydrogen (secondary N) is 1. The van der Waals surface area contributed by atoms with Gasteiger partial charge in [-0.05, 0) is 57.0 Å². The molecule has 21 heavy (non-hydrogen) atoms. The first-order valence-electron chi connectivity index (χ1n) is 7.52. The Balaban J connectivity index is 1.74. The Morgan fingerprint density at radius 3 is 2.76 bits per heavy atom. The molecule has 1 unspecified atom stereocenters. The van der Waals surface area contributed by atoms with Crippen LogP contribution in [0.5, 0.6) is 0 Å². The second kappa shape index (κ2) is 6.22. The third-order valence-corrected chi connectivity index (χ3v) is 6.00. The highest BCUT2D eigenvalue weighted by atomic mass is 32.2. The molecule has 7 heteroatoms. The highest BCUT2D eigenvalue weighted by Crippen LogP contribution is 2.45. The lowest BCUT2D eigenvalue weighted by atomic mass is 9.95. The lowest BCUT2D eigenvalue weighted by Gasteiger charge is -2.32. The molecule has 2 fully saturated rings. The summed E-state index contributed by atoms with van der Waals surface area (Å²) in [6.07, 6.45) is 4.54. The molecule has 0 aliphatic heterocycles. The predicted molar refractivity (Wildman–Crippen MR) is 83.6 cm³/mol. The highest BCUT2D eigenvalue weighted by Gasteiger charge is 2.54. The lowest BCUT2D eigenvalue weighted by Crippen LogP contribution is -2.58. The maximum atomic E-state index is 12.6. The minimum absolute atomic E-state index is 0.0897. The van der Waals surface area contributed by atoms with Gasteiger partial charge < -0.3 is 4.74 Å². The van der Waals surface area contributed by atoms with Crippen molar-refractivity contribution in [1.29, 1.82) is 0 Å². The molecule has 1 N–H and O–H groups in total. The smallest absolute Gasteiger partial charge is 0.327 e. The van der Waals surface area contributed by atoms with E-state index in [9.17, 15) is 4.79 Å². The number of carbonyl (C=O) groups is 1. The van der Waals surface area contributed by atoms with E-state index in [1.54, 1.807) is 11.8 Å². The van der Waals surface area contributed by atoms with Crippen LogP contribution in [0.3, 0.4) is 0 Å². The van der Waals surface area contributed by atoms with E-state index in [0.717, 1.165) is 35.8 Å². The molecule has 116 valence electrons. The van der Waals surface area contributed by atoms with Gasteiger partial charge in [0.05, 0.1) is 6.61 Å². The van der Waals surface area contributed by atoms with Crippen LogP contribution in [0.25, 0.3) is 0 Å². The van der Waals surface area contributed by atoms with Crippen molar-refractivity contribution in [2.75, 3.05) is 12.4 Å². The summed E-state index contributed by atoms with van der Waals surface area (Å²) in [5.74, 6) is 1.79. The Kier molecular flexibility index (Phi) is 4.51. The summed E-state index contributed by atoms with van der Waals surface area (Å²) in [4.78, 5) is 17.0. The number of carbonyl (C=O) groups excluding carboxylic acids is 1. The number of aryl methyl sites for hydroxylation is 1. The van der Waals surface area contributed by atoms with Gasteiger partial charge in [0, 0.05) is 11.8 Å². The predicted octanol–water partition coefficient (Wildman–Crippen LogP) is 2.40. The van der Waals surface area contributed by atoms with Crippen molar-refractivity contribution in [2.24, 2.45) is 5.92 Å². The van der Waals surface area contributed by atoms with E-state index in [1.807, 2.05) is 13.8 Å². The first-order valence-corrected chi connectivity index (χ1v) is 9.28. The fraction of sp³-hybridized carbons (Fsp3) is 0.786. The summed E-state index contributed by atoms with van der Waals surface area (Å²) in [5.41, 5.74) is -0.540. The molecular weight excluding hydrogens is 306 g/mol. The van der Waals surface area contributed by atoms with Gasteiger partial charge in [0.15, 0.2) is 4.34 Å². The molecule has 2 aliphatic rings. The summed E-state index contributed by atoms with van der Waals surface area (Å²) in [7, 11) is 0. The lowest BCUT2D eigenvalue weighted by molar-refractivity contribution is -0.151. The van der Waals surface area contributed by atoms with E-state index in [2.05, 4.69) is 14.7 Å². The monoisotopic (exact) mass is 327 g/mol. The van der Waals surface area contributed by atoms with E-state index < -0.39 is 5.54 Å². The molecule has 3 rings (SSSR count). The fourth-order valence-corrected chi connectivity index (χ4v) is 4.41. The Labute approximate surface area is 133 Å². The molecule has 5 nitrogen and oxygen atoms in total. The molecule has 0 spiro atoms. The molecule has 0 saturated heterocycles. The van der Waals surface area contributed by atoms with Crippen LogP contribution in [0, 0.1) is 12.8 Å². The molecule has 1 aromatic rings. The Bertz CT molecular complexity index is 514. The van der Waals surface area contributed by atoms with Crippen LogP contribution in [-0.4, -0.2) is 39.3 Å². The zero-order valence-corrected chi connectivity index (χ0v) is 14.1. The second-order valence-electron chi connectivity index (χ2n) is 5.78. The number of rotatable bonds is 8. The molecule has 1 aromatic heterocycles. The van der Waals surface area contributed by atoms with E-state index in [0.29, 0.717) is 24.3 Å². The molecule has 0 amide bonds. The van der Waals surface area contributed by atoms with E-state index in [-0.39, 0.29) is 5.97 Å². The Morgan fingerprint density at radius 1 is 1.48 bits per heavy atom. The van der Waals surface area contributed by atoms with Crippen molar-refractivity contribution >= 4 is 29.3 Å². The summed E-state index contributed by atoms with van der Waals surface area (Å²) in [6.45, 7) is 4.19. The zero-order chi connectivity index (χ0) is 14.9. The molecule has 0 aromatic carbocycles. The van der Waals surface area contributed by atoms with Crippen molar-refractivity contribution in [1.82, 2.24) is 14.7 Å². The first-order chi connectivity index (χ1) is 10.1. The van der Waals surface area contributed by atoms with Crippen molar-refractivity contribution in [3.8, 4) is 0 Å². The molecule has 1 heterocycles. The average molecular weight is 327 g/mol. The van der Waals surface area contributed by atoms with Crippen molar-refractivity contribution in [3.63, 3.8) is 0 Å². The zero-order valence-electron chi connectivity index (χ0n) is 12.4. The molecule has 2 saturated carbocycles. The summed E-state index contributed by atoms with van der Waals surface area (Å²) < 4.78 is 10.5. The van der Waals surface area contributed by atoms with E-state index in [4.69, 9.17) is 4.74 Å². The van der Waals surface area contributed by atoms with Gasteiger partial charge in [-0.25, -0.2) is 4.98 Å². The first kappa shape index (κ1) is 15.2. The summed E-state index contributed by atoms with van der Waals surface area (Å²) >= 11 is 3.03. The topological polar surface area (TPSA) is 64.1 Å². The fourth-order valence-electron chi connectivity index (χ4n) is 2.50. The van der Waals surface area contributed by atoms with Gasteiger partial charge in [0.1, 0.15) is 11.4 Å². The number of esters is 1. The van der Waals surface area contributed by atoms with Crippen LogP contribution in [0.15, 0.2) is 4.34 Å². The quantitative estimate of drug-likeness (QED) is 0.584. The number of hydrogen-bond acceptors (Lipinski definition) is 7. The minimum atomic E-state index is -0.540. The van der Waals surface area contributed by atoms with Crippen molar-refractivity contribution in [2.45, 2.75) is 55.5 Å². The van der Waals surface area contributed by atoms with Crippen LogP contribution >= 0.6 is 23.3 Å². The number of ether oxygens (including phenoxy) is 1. The standard InChI is InChI=1S/C14H21N3O2S2/c1-3-19-12(18)14(10-4-5-10,16-11-6-7-11)8-20-13-15-9(2)17-21-13/h10-11,16H,3-8H2,1-2H3. The molecular formula is C14H21N3O2S2. The van der Waals surface area contributed by atoms with Crippen molar-refractivity contribution < 1.29 is 9.53 Å². The van der Waals surface area contributed by atoms with E-state index >= 15 is 0 Å². The largest absolute Gasteiger partial charge is 0.465 e. The third kappa shape index (κ3) is 3.57. The van der Waals surface area contributed by atoms with Crippen LogP contribution in [0.1, 0.15) is 38.4 Å². The van der Waals surface area contributed by atoms with Gasteiger partial charge in [0.2, 0.25) is 0 Å². The number of thioether (sulfide) groups is 1. The molecule has 0 bridgehead atoms. The number of hydrogen-bond donors (Lipinski definition) is 1. The maximum Gasteiger partial charge on any atom is 0.327 e. The van der Waals surface area contributed by atoms with Gasteiger partial charge in [-0.2, -0.15) is 4.37 Å². The maximum absolute atomic E-state index is 12.6. The Morgan fingerprint density at radius 2 is 2.24 bits per heavy atom. The van der Waals surface area contributed by atoms with Crippen LogP contribution in [0.2, 0.25) is 0 Å². The van der Waals surface area contributed by atoms with E-state index in [1.165, 1.54) is 11.5 Å². The minimum Gasteiger partial charge on any atom is -0.465 e. The SMILES string of the molecule is CCOC(=O)C(CSc1nc(C)ns1)(NC1CC1)C1CC1. The number of nitrogens with zero attached hydrogens (tertiary/aromatic N) is 2. The molecule has 1 atom stereocenters. The van der Waals surface area contributed by atoms with Gasteiger partial charge in [-0.3, -0.25) is 10.1 Å². The second-order valence-corrected chi connectivity index (χ2v) is 7.76. The van der Waals surface area contributed by atoms with Gasteiger partial charge in [-0.1, -0.05) is 11.8 Å². The van der Waals surface area contributed by atoms with Crippen LogP contribution in [-0.2, 0) is 9.53 Å². The summed E-state index contributed by atoms with van der Waals surface area (Å²) in [5, 5.41) is 3.59. The third-order valence-electron chi connectivity index (χ3n) is 3.89. The van der Waals surface area contributed by atoms with Crippen LogP contribution in [0.4, 0.5) is 0 Å². The average Bonchev–Trinajstić information content (AvgIpc) is 3.35. The van der Waals surface area contributed by atoms with Crippen LogP contribution < -0.4 is 5.32 Å². The summed E-state index contributed by atoms with van der Waals surface area (Å²) in [6, 6.07) is 0.478. The molecule has 0 radical (unpaired) electrons. The van der Waals surface area contributed by atoms with Gasteiger partial charge in [0.25, 0.3) is 0 Å². The van der Waals surface area contributed by atoms with Crippen molar-refractivity contribution in [3.05, 3.63) is 5.82 Å². The molecule has 2 aliphatic carbocycles. The Hall–Kier alpha value is -0.660. The normalized spacial score (nSPS) is 21.0. The highest BCUT2D eigenvalue weighted by molar-refractivity contribution is 8.01. The van der Waals surface area contributed by atoms with Gasteiger partial charge >= 0.3 is 5.97 Å². The van der Waals surface area contributed by atoms with Gasteiger partial charge in [-0.15, -0.1) is 0 Å². The number of aromatic nitrogens is 2.